The zero-order valence-corrected chi connectivity index (χ0v) is 15.2. The number of nitrogens with zero attached hydrogens (tertiary/aromatic N) is 3. The second-order valence-corrected chi connectivity index (χ2v) is 6.67. The molecule has 7 heteroatoms. The topological polar surface area (TPSA) is 72.4 Å². The fraction of sp³-hybridized carbons (Fsp3) is 0.350. The first-order valence-corrected chi connectivity index (χ1v) is 9.07. The number of rotatable bonds is 4. The van der Waals surface area contributed by atoms with Crippen LogP contribution in [0.15, 0.2) is 39.4 Å². The molecule has 0 bridgehead atoms. The largest absolute Gasteiger partial charge is 0.361 e. The smallest absolute Gasteiger partial charge is 0.293 e. The Labute approximate surface area is 155 Å². The molecule has 1 amide bonds. The monoisotopic (exact) mass is 369 g/mol. The third-order valence-electron chi connectivity index (χ3n) is 5.02. The fourth-order valence-corrected chi connectivity index (χ4v) is 3.73. The number of aromatic nitrogens is 2. The van der Waals surface area contributed by atoms with Gasteiger partial charge in [-0.2, -0.15) is 0 Å². The van der Waals surface area contributed by atoms with Crippen molar-refractivity contribution < 1.29 is 18.2 Å². The molecule has 27 heavy (non-hydrogen) atoms. The minimum Gasteiger partial charge on any atom is -0.361 e. The van der Waals surface area contributed by atoms with Gasteiger partial charge in [-0.1, -0.05) is 29.4 Å². The van der Waals surface area contributed by atoms with Crippen molar-refractivity contribution in [3.05, 3.63) is 58.9 Å². The minimum absolute atomic E-state index is 0.0966. The molecule has 2 aromatic heterocycles. The molecule has 0 unspecified atom stereocenters. The number of aryl methyl sites for hydroxylation is 2. The van der Waals surface area contributed by atoms with Crippen molar-refractivity contribution in [1.82, 2.24) is 15.2 Å². The molecule has 3 aromatic rings. The molecule has 0 saturated carbocycles. The van der Waals surface area contributed by atoms with Gasteiger partial charge in [-0.25, -0.2) is 4.39 Å². The standard InChI is InChI=1S/C20H20FN3O3/c1-3-17-19(12(2)22-26-17)16-9-6-10-24(16)20(25)18-11-15(23-27-18)13-7-4-5-8-14(13)21/h4-5,7-8,11,16H,3,6,9-10H2,1-2H3/t16-/m1/s1. The summed E-state index contributed by atoms with van der Waals surface area (Å²) < 4.78 is 24.6. The van der Waals surface area contributed by atoms with Gasteiger partial charge in [-0.15, -0.1) is 0 Å². The number of carbonyl (C=O) groups excluding carboxylic acids is 1. The van der Waals surface area contributed by atoms with Gasteiger partial charge in [-0.3, -0.25) is 4.79 Å². The summed E-state index contributed by atoms with van der Waals surface area (Å²) in [5, 5.41) is 7.95. The molecule has 0 aliphatic carbocycles. The summed E-state index contributed by atoms with van der Waals surface area (Å²) in [7, 11) is 0. The number of hydrogen-bond donors (Lipinski definition) is 0. The minimum atomic E-state index is -0.406. The zero-order chi connectivity index (χ0) is 19.0. The van der Waals surface area contributed by atoms with Crippen molar-refractivity contribution in [2.24, 2.45) is 0 Å². The van der Waals surface area contributed by atoms with E-state index < -0.39 is 5.82 Å². The molecular weight excluding hydrogens is 349 g/mol. The number of halogens is 1. The van der Waals surface area contributed by atoms with Crippen LogP contribution < -0.4 is 0 Å². The van der Waals surface area contributed by atoms with Crippen LogP contribution in [0.4, 0.5) is 4.39 Å². The van der Waals surface area contributed by atoms with E-state index in [9.17, 15) is 9.18 Å². The lowest BCUT2D eigenvalue weighted by Gasteiger charge is -2.23. The maximum absolute atomic E-state index is 14.0. The molecule has 1 atom stereocenters. The molecule has 140 valence electrons. The van der Waals surface area contributed by atoms with Crippen LogP contribution in [0.3, 0.4) is 0 Å². The summed E-state index contributed by atoms with van der Waals surface area (Å²) in [6, 6.07) is 7.67. The second kappa shape index (κ2) is 6.98. The summed E-state index contributed by atoms with van der Waals surface area (Å²) in [5.74, 6) is 0.251. The van der Waals surface area contributed by atoms with Gasteiger partial charge in [0.05, 0.1) is 11.7 Å². The molecule has 1 saturated heterocycles. The average Bonchev–Trinajstić information content (AvgIpc) is 3.40. The predicted molar refractivity (Wildman–Crippen MR) is 95.5 cm³/mol. The van der Waals surface area contributed by atoms with E-state index in [1.54, 1.807) is 23.1 Å². The van der Waals surface area contributed by atoms with Gasteiger partial charge in [0.25, 0.3) is 5.91 Å². The summed E-state index contributed by atoms with van der Waals surface area (Å²) in [6.45, 7) is 4.51. The van der Waals surface area contributed by atoms with Gasteiger partial charge in [0.2, 0.25) is 5.76 Å². The van der Waals surface area contributed by atoms with Crippen LogP contribution >= 0.6 is 0 Å². The van der Waals surface area contributed by atoms with Gasteiger partial charge >= 0.3 is 0 Å². The van der Waals surface area contributed by atoms with E-state index in [0.717, 1.165) is 29.9 Å². The molecule has 0 N–H and O–H groups in total. The highest BCUT2D eigenvalue weighted by atomic mass is 19.1. The Balaban J connectivity index is 1.63. The van der Waals surface area contributed by atoms with E-state index in [1.807, 2.05) is 13.8 Å². The highest BCUT2D eigenvalue weighted by molar-refractivity contribution is 5.93. The fourth-order valence-electron chi connectivity index (χ4n) is 3.73. The molecule has 1 aromatic carbocycles. The van der Waals surface area contributed by atoms with E-state index in [1.165, 1.54) is 12.1 Å². The summed E-state index contributed by atoms with van der Waals surface area (Å²) in [6.07, 6.45) is 2.45. The van der Waals surface area contributed by atoms with E-state index in [2.05, 4.69) is 10.3 Å². The summed E-state index contributed by atoms with van der Waals surface area (Å²) in [5.41, 5.74) is 2.40. The zero-order valence-electron chi connectivity index (χ0n) is 15.2. The van der Waals surface area contributed by atoms with E-state index >= 15 is 0 Å². The lowest BCUT2D eigenvalue weighted by Crippen LogP contribution is -2.30. The van der Waals surface area contributed by atoms with Gasteiger partial charge < -0.3 is 13.9 Å². The van der Waals surface area contributed by atoms with Crippen molar-refractivity contribution in [2.75, 3.05) is 6.54 Å². The molecular formula is C20H20FN3O3. The molecule has 6 nitrogen and oxygen atoms in total. The molecule has 1 fully saturated rings. The molecule has 0 radical (unpaired) electrons. The van der Waals surface area contributed by atoms with Crippen LogP contribution in [0.5, 0.6) is 0 Å². The van der Waals surface area contributed by atoms with Crippen LogP contribution in [-0.2, 0) is 6.42 Å². The first-order valence-electron chi connectivity index (χ1n) is 9.07. The lowest BCUT2D eigenvalue weighted by atomic mass is 10.0. The number of carbonyl (C=O) groups is 1. The van der Waals surface area contributed by atoms with Crippen molar-refractivity contribution in [3.63, 3.8) is 0 Å². The van der Waals surface area contributed by atoms with Crippen molar-refractivity contribution >= 4 is 5.91 Å². The van der Waals surface area contributed by atoms with Gasteiger partial charge in [-0.05, 0) is 31.9 Å². The number of likely N-dealkylation sites (tertiary alicyclic amines) is 1. The van der Waals surface area contributed by atoms with Crippen LogP contribution in [0.2, 0.25) is 0 Å². The Morgan fingerprint density at radius 1 is 1.30 bits per heavy atom. The van der Waals surface area contributed by atoms with Gasteiger partial charge in [0.15, 0.2) is 0 Å². The predicted octanol–water partition coefficient (Wildman–Crippen LogP) is 4.32. The second-order valence-electron chi connectivity index (χ2n) is 6.67. The first-order chi connectivity index (χ1) is 13.1. The number of amides is 1. The van der Waals surface area contributed by atoms with Crippen LogP contribution in [-0.4, -0.2) is 27.7 Å². The SMILES string of the molecule is CCc1onc(C)c1[C@H]1CCCN1C(=O)c1cc(-c2ccccc2F)no1. The maximum Gasteiger partial charge on any atom is 0.293 e. The Bertz CT molecular complexity index is 979. The Kier molecular flexibility index (Phi) is 4.51. The quantitative estimate of drug-likeness (QED) is 0.685. The van der Waals surface area contributed by atoms with Crippen molar-refractivity contribution in [2.45, 2.75) is 39.2 Å². The molecule has 3 heterocycles. The van der Waals surface area contributed by atoms with E-state index in [4.69, 9.17) is 9.05 Å². The first kappa shape index (κ1) is 17.5. The third-order valence-corrected chi connectivity index (χ3v) is 5.02. The number of hydrogen-bond acceptors (Lipinski definition) is 5. The Morgan fingerprint density at radius 3 is 2.89 bits per heavy atom. The molecule has 1 aliphatic rings. The maximum atomic E-state index is 14.0. The Hall–Kier alpha value is -2.96. The van der Waals surface area contributed by atoms with Crippen LogP contribution in [0.1, 0.15) is 53.4 Å². The van der Waals surface area contributed by atoms with Crippen LogP contribution in [0.25, 0.3) is 11.3 Å². The van der Waals surface area contributed by atoms with Crippen molar-refractivity contribution in [1.29, 1.82) is 0 Å². The highest BCUT2D eigenvalue weighted by Gasteiger charge is 2.36. The summed E-state index contributed by atoms with van der Waals surface area (Å²) >= 11 is 0. The van der Waals surface area contributed by atoms with E-state index in [0.29, 0.717) is 24.2 Å². The molecule has 4 rings (SSSR count). The van der Waals surface area contributed by atoms with Crippen LogP contribution in [0, 0.1) is 12.7 Å². The normalized spacial score (nSPS) is 16.9. The van der Waals surface area contributed by atoms with E-state index in [-0.39, 0.29) is 17.7 Å². The van der Waals surface area contributed by atoms with Gasteiger partial charge in [0, 0.05) is 30.2 Å². The summed E-state index contributed by atoms with van der Waals surface area (Å²) in [4.78, 5) is 14.8. The molecule has 0 spiro atoms. The average molecular weight is 369 g/mol. The highest BCUT2D eigenvalue weighted by Crippen LogP contribution is 2.37. The molecule has 1 aliphatic heterocycles. The Morgan fingerprint density at radius 2 is 2.11 bits per heavy atom. The third kappa shape index (κ3) is 3.03. The lowest BCUT2D eigenvalue weighted by molar-refractivity contribution is 0.0692. The number of benzene rings is 1. The van der Waals surface area contributed by atoms with Gasteiger partial charge in [0.1, 0.15) is 17.3 Å². The van der Waals surface area contributed by atoms with Crippen molar-refractivity contribution in [3.8, 4) is 11.3 Å².